The second kappa shape index (κ2) is 8.79. The Hall–Kier alpha value is -1.30. The Morgan fingerprint density at radius 3 is 2.65 bits per heavy atom. The molecule has 116 valence electrons. The Kier molecular flexibility index (Phi) is 7.36. The third kappa shape index (κ3) is 5.00. The molecular weight excluding hydrogens is 260 g/mol. The molecule has 0 aliphatic carbocycles. The number of carboxylic acids is 1. The van der Waals surface area contributed by atoms with Crippen molar-refractivity contribution in [1.82, 2.24) is 9.80 Å². The fourth-order valence-corrected chi connectivity index (χ4v) is 2.25. The summed E-state index contributed by atoms with van der Waals surface area (Å²) < 4.78 is 5.47. The van der Waals surface area contributed by atoms with E-state index in [2.05, 4.69) is 6.92 Å². The minimum absolute atomic E-state index is 0.0738. The lowest BCUT2D eigenvalue weighted by Crippen LogP contribution is -2.43. The third-order valence-electron chi connectivity index (χ3n) is 3.61. The van der Waals surface area contributed by atoms with Crippen molar-refractivity contribution in [2.75, 3.05) is 39.4 Å². The zero-order chi connectivity index (χ0) is 15.0. The van der Waals surface area contributed by atoms with Gasteiger partial charge in [0.15, 0.2) is 0 Å². The van der Waals surface area contributed by atoms with Crippen molar-refractivity contribution in [1.29, 1.82) is 0 Å². The van der Waals surface area contributed by atoms with Gasteiger partial charge in [0.2, 0.25) is 0 Å². The molecule has 1 saturated heterocycles. The summed E-state index contributed by atoms with van der Waals surface area (Å²) in [5, 5.41) is 8.96. The predicted molar refractivity (Wildman–Crippen MR) is 75.7 cm³/mol. The molecule has 1 aliphatic rings. The fourth-order valence-electron chi connectivity index (χ4n) is 2.25. The van der Waals surface area contributed by atoms with Gasteiger partial charge in [-0.05, 0) is 19.8 Å². The van der Waals surface area contributed by atoms with E-state index in [1.807, 2.05) is 6.92 Å². The van der Waals surface area contributed by atoms with E-state index in [4.69, 9.17) is 9.84 Å². The third-order valence-corrected chi connectivity index (χ3v) is 3.61. The van der Waals surface area contributed by atoms with E-state index in [0.717, 1.165) is 19.4 Å². The molecule has 1 aliphatic heterocycles. The molecule has 1 atom stereocenters. The lowest BCUT2D eigenvalue weighted by molar-refractivity contribution is -0.141. The normalized spacial score (nSPS) is 18.3. The average molecular weight is 286 g/mol. The Morgan fingerprint density at radius 2 is 2.10 bits per heavy atom. The van der Waals surface area contributed by atoms with Gasteiger partial charge < -0.3 is 19.6 Å². The maximum Gasteiger partial charge on any atom is 0.320 e. The largest absolute Gasteiger partial charge is 0.481 e. The highest BCUT2D eigenvalue weighted by atomic mass is 16.5. The van der Waals surface area contributed by atoms with Gasteiger partial charge in [0, 0.05) is 32.8 Å². The molecule has 0 spiro atoms. The van der Waals surface area contributed by atoms with Crippen LogP contribution >= 0.6 is 0 Å². The highest BCUT2D eigenvalue weighted by Crippen LogP contribution is 2.17. The van der Waals surface area contributed by atoms with E-state index in [0.29, 0.717) is 39.2 Å². The van der Waals surface area contributed by atoms with E-state index in [1.54, 1.807) is 9.80 Å². The van der Waals surface area contributed by atoms with Crippen molar-refractivity contribution >= 4 is 12.0 Å². The monoisotopic (exact) mass is 286 g/mol. The first-order valence-electron chi connectivity index (χ1n) is 7.44. The molecule has 6 heteroatoms. The summed E-state index contributed by atoms with van der Waals surface area (Å²) in [7, 11) is 0. The molecule has 1 rings (SSSR count). The van der Waals surface area contributed by atoms with Gasteiger partial charge in [0.05, 0.1) is 12.5 Å². The smallest absolute Gasteiger partial charge is 0.320 e. The van der Waals surface area contributed by atoms with E-state index in [1.165, 1.54) is 0 Å². The van der Waals surface area contributed by atoms with Crippen LogP contribution in [0.3, 0.4) is 0 Å². The molecule has 0 bridgehead atoms. The molecule has 0 radical (unpaired) electrons. The van der Waals surface area contributed by atoms with Gasteiger partial charge in [-0.3, -0.25) is 4.79 Å². The van der Waals surface area contributed by atoms with Crippen molar-refractivity contribution in [2.24, 2.45) is 5.92 Å². The van der Waals surface area contributed by atoms with E-state index < -0.39 is 11.9 Å². The zero-order valence-corrected chi connectivity index (χ0v) is 12.5. The number of urea groups is 1. The maximum absolute atomic E-state index is 12.3. The maximum atomic E-state index is 12.3. The molecular formula is C14H26N2O4. The van der Waals surface area contributed by atoms with Crippen LogP contribution in [0.15, 0.2) is 0 Å². The van der Waals surface area contributed by atoms with Gasteiger partial charge in [-0.1, -0.05) is 13.3 Å². The highest BCUT2D eigenvalue weighted by molar-refractivity contribution is 5.77. The highest BCUT2D eigenvalue weighted by Gasteiger charge is 2.32. The number of hydrogen-bond donors (Lipinski definition) is 1. The number of likely N-dealkylation sites (tertiary alicyclic amines) is 1. The molecule has 1 N–H and O–H groups in total. The van der Waals surface area contributed by atoms with Crippen molar-refractivity contribution in [3.05, 3.63) is 0 Å². The van der Waals surface area contributed by atoms with Crippen LogP contribution in [-0.2, 0) is 9.53 Å². The summed E-state index contributed by atoms with van der Waals surface area (Å²) in [6, 6.07) is -0.0738. The molecule has 1 unspecified atom stereocenters. The van der Waals surface area contributed by atoms with Crippen LogP contribution in [0.5, 0.6) is 0 Å². The standard InChI is InChI=1S/C14H26N2O4/c1-3-5-9-20-10-8-15(4-2)14(19)16-7-6-12(11-16)13(17)18/h12H,3-11H2,1-2H3,(H,17,18). The van der Waals surface area contributed by atoms with Crippen LogP contribution in [0.25, 0.3) is 0 Å². The van der Waals surface area contributed by atoms with Crippen molar-refractivity contribution in [3.8, 4) is 0 Å². The Balaban J connectivity index is 2.33. The van der Waals surface area contributed by atoms with Crippen LogP contribution < -0.4 is 0 Å². The summed E-state index contributed by atoms with van der Waals surface area (Å²) in [4.78, 5) is 26.5. The number of ether oxygens (including phenoxy) is 1. The van der Waals surface area contributed by atoms with E-state index >= 15 is 0 Å². The van der Waals surface area contributed by atoms with Gasteiger partial charge in [-0.2, -0.15) is 0 Å². The number of carbonyl (C=O) groups excluding carboxylic acids is 1. The van der Waals surface area contributed by atoms with Crippen LogP contribution in [0.1, 0.15) is 33.1 Å². The minimum Gasteiger partial charge on any atom is -0.481 e. The van der Waals surface area contributed by atoms with Crippen LogP contribution in [0.4, 0.5) is 4.79 Å². The van der Waals surface area contributed by atoms with Gasteiger partial charge in [-0.15, -0.1) is 0 Å². The van der Waals surface area contributed by atoms with E-state index in [9.17, 15) is 9.59 Å². The van der Waals surface area contributed by atoms with Crippen LogP contribution in [0.2, 0.25) is 0 Å². The summed E-state index contributed by atoms with van der Waals surface area (Å²) in [5.74, 6) is -1.23. The van der Waals surface area contributed by atoms with Crippen molar-refractivity contribution < 1.29 is 19.4 Å². The first kappa shape index (κ1) is 16.8. The number of aliphatic carboxylic acids is 1. The van der Waals surface area contributed by atoms with Crippen molar-refractivity contribution in [2.45, 2.75) is 33.1 Å². The fraction of sp³-hybridized carbons (Fsp3) is 0.857. The summed E-state index contributed by atoms with van der Waals surface area (Å²) >= 11 is 0. The number of amides is 2. The van der Waals surface area contributed by atoms with Gasteiger partial charge >= 0.3 is 12.0 Å². The molecule has 0 saturated carbocycles. The average Bonchev–Trinajstić information content (AvgIpc) is 2.92. The Morgan fingerprint density at radius 1 is 1.35 bits per heavy atom. The molecule has 0 aromatic carbocycles. The van der Waals surface area contributed by atoms with Gasteiger partial charge in [0.25, 0.3) is 0 Å². The second-order valence-electron chi connectivity index (χ2n) is 5.10. The molecule has 1 heterocycles. The molecule has 1 fully saturated rings. The first-order valence-corrected chi connectivity index (χ1v) is 7.44. The summed E-state index contributed by atoms with van der Waals surface area (Å²) in [6.45, 7) is 7.33. The molecule has 6 nitrogen and oxygen atoms in total. The SMILES string of the molecule is CCCCOCCN(CC)C(=O)N1CCC(C(=O)O)C1. The second-order valence-corrected chi connectivity index (χ2v) is 5.10. The zero-order valence-electron chi connectivity index (χ0n) is 12.5. The number of unbranched alkanes of at least 4 members (excludes halogenated alkanes) is 1. The predicted octanol–water partition coefficient (Wildman–Crippen LogP) is 1.65. The topological polar surface area (TPSA) is 70.1 Å². The van der Waals surface area contributed by atoms with E-state index in [-0.39, 0.29) is 6.03 Å². The number of carbonyl (C=O) groups is 2. The molecule has 0 aromatic rings. The summed E-state index contributed by atoms with van der Waals surface area (Å²) in [5.41, 5.74) is 0. The van der Waals surface area contributed by atoms with Crippen molar-refractivity contribution in [3.63, 3.8) is 0 Å². The van der Waals surface area contributed by atoms with Crippen LogP contribution in [0, 0.1) is 5.92 Å². The minimum atomic E-state index is -0.814. The number of rotatable bonds is 8. The Labute approximate surface area is 120 Å². The molecule has 0 aromatic heterocycles. The number of carboxylic acid groups (broad SMARTS) is 1. The number of likely N-dealkylation sites (N-methyl/N-ethyl adjacent to an activating group) is 1. The molecule has 20 heavy (non-hydrogen) atoms. The first-order chi connectivity index (χ1) is 9.60. The quantitative estimate of drug-likeness (QED) is 0.689. The van der Waals surface area contributed by atoms with Gasteiger partial charge in [0.1, 0.15) is 0 Å². The lowest BCUT2D eigenvalue weighted by Gasteiger charge is -2.26. The molecule has 2 amide bonds. The van der Waals surface area contributed by atoms with Crippen LogP contribution in [-0.4, -0.2) is 66.3 Å². The number of hydrogen-bond acceptors (Lipinski definition) is 3. The summed E-state index contributed by atoms with van der Waals surface area (Å²) in [6.07, 6.45) is 2.68. The lowest BCUT2D eigenvalue weighted by atomic mass is 10.1. The number of nitrogens with zero attached hydrogens (tertiary/aromatic N) is 2. The van der Waals surface area contributed by atoms with Gasteiger partial charge in [-0.25, -0.2) is 4.79 Å². The Bertz CT molecular complexity index is 322.